The van der Waals surface area contributed by atoms with Crippen LogP contribution in [0.25, 0.3) is 32.3 Å². The van der Waals surface area contributed by atoms with Crippen LogP contribution in [0, 0.1) is 0 Å². The van der Waals surface area contributed by atoms with Gasteiger partial charge in [-0.3, -0.25) is 4.79 Å². The van der Waals surface area contributed by atoms with E-state index in [-0.39, 0.29) is 5.43 Å². The van der Waals surface area contributed by atoms with Gasteiger partial charge in [-0.25, -0.2) is 0 Å². The highest BCUT2D eigenvalue weighted by atomic mass is 16.1. The Hall–Kier alpha value is -2.41. The van der Waals surface area contributed by atoms with Crippen molar-refractivity contribution >= 4 is 32.3 Å². The van der Waals surface area contributed by atoms with Gasteiger partial charge in [-0.2, -0.15) is 0 Å². The summed E-state index contributed by atoms with van der Waals surface area (Å²) in [5.41, 5.74) is 0.104. The van der Waals surface area contributed by atoms with Crippen molar-refractivity contribution in [3.05, 3.63) is 70.9 Å². The molecule has 4 aromatic rings. The van der Waals surface area contributed by atoms with Crippen LogP contribution in [0.2, 0.25) is 0 Å². The molecule has 0 aliphatic rings. The molecule has 0 bridgehead atoms. The lowest BCUT2D eigenvalue weighted by atomic mass is 10.1. The summed E-state index contributed by atoms with van der Waals surface area (Å²) in [7, 11) is 0. The molecule has 0 unspecified atom stereocenters. The number of hydrogen-bond donors (Lipinski definition) is 0. The van der Waals surface area contributed by atoms with Crippen molar-refractivity contribution < 1.29 is 0 Å². The zero-order valence-electron chi connectivity index (χ0n) is 9.68. The molecule has 0 spiro atoms. The first kappa shape index (κ1) is 9.60. The van der Waals surface area contributed by atoms with Crippen molar-refractivity contribution in [2.75, 3.05) is 0 Å². The molecule has 0 heterocycles. The van der Waals surface area contributed by atoms with Gasteiger partial charge in [0, 0.05) is 10.8 Å². The Morgan fingerprint density at radius 3 is 2.22 bits per heavy atom. The standard InChI is InChI=1S/C17H10O/c18-16-10-7-12-6-5-11-3-1-2-4-13(11)14-8-9-15(16)17(12)14/h1-10H. The van der Waals surface area contributed by atoms with E-state index < -0.39 is 0 Å². The molecule has 4 aromatic carbocycles. The third-order valence-electron chi connectivity index (χ3n) is 3.62. The average Bonchev–Trinajstić information content (AvgIpc) is 2.77. The summed E-state index contributed by atoms with van der Waals surface area (Å²) in [5, 5.41) is 6.61. The van der Waals surface area contributed by atoms with Crippen molar-refractivity contribution in [1.29, 1.82) is 0 Å². The minimum Gasteiger partial charge on any atom is -0.289 e. The minimum atomic E-state index is 0.104. The quantitative estimate of drug-likeness (QED) is 0.447. The summed E-state index contributed by atoms with van der Waals surface area (Å²) in [4.78, 5) is 11.9. The highest BCUT2D eigenvalue weighted by Crippen LogP contribution is 2.30. The summed E-state index contributed by atoms with van der Waals surface area (Å²) in [6.45, 7) is 0. The van der Waals surface area contributed by atoms with Crippen LogP contribution in [0.4, 0.5) is 0 Å². The maximum atomic E-state index is 11.9. The molecule has 0 aliphatic carbocycles. The van der Waals surface area contributed by atoms with Crippen molar-refractivity contribution in [2.24, 2.45) is 0 Å². The maximum Gasteiger partial charge on any atom is 0.186 e. The highest BCUT2D eigenvalue weighted by Gasteiger charge is 2.07. The molecule has 0 saturated heterocycles. The van der Waals surface area contributed by atoms with Crippen molar-refractivity contribution in [1.82, 2.24) is 0 Å². The summed E-state index contributed by atoms with van der Waals surface area (Å²) >= 11 is 0. The summed E-state index contributed by atoms with van der Waals surface area (Å²) in [5.74, 6) is 0. The third kappa shape index (κ3) is 1.13. The lowest BCUT2D eigenvalue weighted by Crippen LogP contribution is -1.95. The molecule has 4 rings (SSSR count). The van der Waals surface area contributed by atoms with Gasteiger partial charge in [0.2, 0.25) is 0 Å². The number of benzene rings is 2. The Labute approximate surface area is 104 Å². The van der Waals surface area contributed by atoms with Gasteiger partial charge in [-0.05, 0) is 33.7 Å². The summed E-state index contributed by atoms with van der Waals surface area (Å²) in [6.07, 6.45) is 0. The molecule has 0 saturated carbocycles. The SMILES string of the molecule is O=c1ccc2ccc3ccccc3c3ccc1c23. The lowest BCUT2D eigenvalue weighted by Gasteiger charge is -1.94. The van der Waals surface area contributed by atoms with Crippen LogP contribution < -0.4 is 5.43 Å². The van der Waals surface area contributed by atoms with Gasteiger partial charge in [0.05, 0.1) is 0 Å². The van der Waals surface area contributed by atoms with Crippen LogP contribution in [-0.4, -0.2) is 0 Å². The van der Waals surface area contributed by atoms with Crippen LogP contribution in [0.3, 0.4) is 0 Å². The van der Waals surface area contributed by atoms with E-state index in [1.54, 1.807) is 6.07 Å². The Bertz CT molecular complexity index is 938. The first-order valence-electron chi connectivity index (χ1n) is 6.01. The fraction of sp³-hybridized carbons (Fsp3) is 0. The Kier molecular flexibility index (Phi) is 1.76. The van der Waals surface area contributed by atoms with Crippen LogP contribution in [0.1, 0.15) is 0 Å². The van der Waals surface area contributed by atoms with Gasteiger partial charge in [0.1, 0.15) is 0 Å². The molecule has 0 atom stereocenters. The minimum absolute atomic E-state index is 0.104. The van der Waals surface area contributed by atoms with E-state index in [1.807, 2.05) is 24.3 Å². The number of hydrogen-bond acceptors (Lipinski definition) is 1. The maximum absolute atomic E-state index is 11.9. The van der Waals surface area contributed by atoms with E-state index >= 15 is 0 Å². The van der Waals surface area contributed by atoms with E-state index in [9.17, 15) is 4.79 Å². The Balaban J connectivity index is 2.47. The summed E-state index contributed by atoms with van der Waals surface area (Å²) in [6, 6.07) is 20.1. The largest absolute Gasteiger partial charge is 0.289 e. The number of rotatable bonds is 0. The van der Waals surface area contributed by atoms with Crippen LogP contribution in [0.15, 0.2) is 65.5 Å². The molecule has 84 valence electrons. The molecule has 0 radical (unpaired) electrons. The van der Waals surface area contributed by atoms with Gasteiger partial charge in [-0.15, -0.1) is 0 Å². The Morgan fingerprint density at radius 1 is 0.556 bits per heavy atom. The second-order valence-corrected chi connectivity index (χ2v) is 4.61. The zero-order valence-corrected chi connectivity index (χ0v) is 9.68. The molecule has 0 aromatic heterocycles. The van der Waals surface area contributed by atoms with E-state index in [0.717, 1.165) is 16.2 Å². The van der Waals surface area contributed by atoms with E-state index in [2.05, 4.69) is 30.3 Å². The molecule has 0 amide bonds. The molecular weight excluding hydrogens is 220 g/mol. The summed E-state index contributed by atoms with van der Waals surface area (Å²) < 4.78 is 0. The zero-order chi connectivity index (χ0) is 12.1. The molecular formula is C17H10O. The smallest absolute Gasteiger partial charge is 0.186 e. The normalized spacial score (nSPS) is 11.6. The van der Waals surface area contributed by atoms with E-state index in [4.69, 9.17) is 0 Å². The fourth-order valence-corrected chi connectivity index (χ4v) is 2.76. The second-order valence-electron chi connectivity index (χ2n) is 4.61. The van der Waals surface area contributed by atoms with E-state index in [0.29, 0.717) is 0 Å². The third-order valence-corrected chi connectivity index (χ3v) is 3.62. The predicted octanol–water partition coefficient (Wildman–Crippen LogP) is 3.94. The van der Waals surface area contributed by atoms with Crippen LogP contribution in [0.5, 0.6) is 0 Å². The van der Waals surface area contributed by atoms with Crippen molar-refractivity contribution in [3.63, 3.8) is 0 Å². The molecule has 1 heteroatoms. The molecule has 18 heavy (non-hydrogen) atoms. The topological polar surface area (TPSA) is 17.1 Å². The number of fused-ring (bicyclic) bond motifs is 2. The highest BCUT2D eigenvalue weighted by molar-refractivity contribution is 6.19. The molecule has 0 N–H and O–H groups in total. The average molecular weight is 230 g/mol. The van der Waals surface area contributed by atoms with Gasteiger partial charge >= 0.3 is 0 Å². The Morgan fingerprint density at radius 2 is 1.28 bits per heavy atom. The molecule has 1 nitrogen and oxygen atoms in total. The monoisotopic (exact) mass is 230 g/mol. The van der Waals surface area contributed by atoms with Crippen molar-refractivity contribution in [2.45, 2.75) is 0 Å². The van der Waals surface area contributed by atoms with Crippen LogP contribution in [-0.2, 0) is 0 Å². The lowest BCUT2D eigenvalue weighted by molar-refractivity contribution is 1.73. The molecule has 0 fully saturated rings. The second kappa shape index (κ2) is 3.30. The predicted molar refractivity (Wildman–Crippen MR) is 76.4 cm³/mol. The first-order valence-corrected chi connectivity index (χ1v) is 6.01. The molecule has 0 aliphatic heterocycles. The van der Waals surface area contributed by atoms with Crippen LogP contribution >= 0.6 is 0 Å². The van der Waals surface area contributed by atoms with E-state index in [1.165, 1.54) is 16.2 Å². The van der Waals surface area contributed by atoms with Gasteiger partial charge in [0.15, 0.2) is 5.43 Å². The van der Waals surface area contributed by atoms with Crippen molar-refractivity contribution in [3.8, 4) is 0 Å². The van der Waals surface area contributed by atoms with Gasteiger partial charge in [0.25, 0.3) is 0 Å². The fourth-order valence-electron chi connectivity index (χ4n) is 2.76. The van der Waals surface area contributed by atoms with Gasteiger partial charge in [-0.1, -0.05) is 48.5 Å². The van der Waals surface area contributed by atoms with Gasteiger partial charge < -0.3 is 0 Å². The first-order chi connectivity index (χ1) is 8.84.